The minimum absolute atomic E-state index is 1.03. The van der Waals surface area contributed by atoms with Gasteiger partial charge in [0.15, 0.2) is 0 Å². The van der Waals surface area contributed by atoms with Crippen molar-refractivity contribution < 1.29 is 0 Å². The first-order valence-electron chi connectivity index (χ1n) is 6.11. The molecule has 0 spiro atoms. The molecule has 13 heavy (non-hydrogen) atoms. The fourth-order valence-corrected chi connectivity index (χ4v) is 3.29. The first kappa shape index (κ1) is 9.51. The number of piperidine rings is 1. The Morgan fingerprint density at radius 3 is 2.92 bits per heavy atom. The van der Waals surface area contributed by atoms with Crippen LogP contribution in [0.1, 0.15) is 45.4 Å². The van der Waals surface area contributed by atoms with Gasteiger partial charge >= 0.3 is 0 Å². The molecule has 0 aromatic heterocycles. The summed E-state index contributed by atoms with van der Waals surface area (Å²) in [6, 6.07) is 0. The monoisotopic (exact) mass is 181 g/mol. The molecule has 0 radical (unpaired) electrons. The van der Waals surface area contributed by atoms with E-state index in [4.69, 9.17) is 0 Å². The molecule has 0 amide bonds. The van der Waals surface area contributed by atoms with Crippen molar-refractivity contribution in [3.8, 4) is 0 Å². The summed E-state index contributed by atoms with van der Waals surface area (Å²) >= 11 is 0. The van der Waals surface area contributed by atoms with Gasteiger partial charge in [-0.15, -0.1) is 0 Å². The molecule has 1 heterocycles. The summed E-state index contributed by atoms with van der Waals surface area (Å²) in [6.45, 7) is 4.91. The van der Waals surface area contributed by atoms with Crippen molar-refractivity contribution >= 4 is 0 Å². The van der Waals surface area contributed by atoms with Gasteiger partial charge in [0.25, 0.3) is 0 Å². The molecular formula is C12H23N. The van der Waals surface area contributed by atoms with Crippen molar-refractivity contribution in [3.63, 3.8) is 0 Å². The van der Waals surface area contributed by atoms with E-state index in [1.807, 2.05) is 0 Å². The quantitative estimate of drug-likeness (QED) is 0.690. The van der Waals surface area contributed by atoms with Crippen LogP contribution in [0.2, 0.25) is 0 Å². The lowest BCUT2D eigenvalue weighted by Gasteiger charge is -2.39. The lowest BCUT2D eigenvalue weighted by molar-refractivity contribution is 0.136. The second kappa shape index (κ2) is 4.45. The zero-order valence-electron chi connectivity index (χ0n) is 8.89. The molecule has 1 aliphatic heterocycles. The molecule has 2 aliphatic rings. The Labute approximate surface area is 82.3 Å². The summed E-state index contributed by atoms with van der Waals surface area (Å²) in [5.41, 5.74) is 0. The van der Waals surface area contributed by atoms with Crippen molar-refractivity contribution in [2.45, 2.75) is 45.4 Å². The van der Waals surface area contributed by atoms with E-state index in [0.29, 0.717) is 0 Å². The summed E-state index contributed by atoms with van der Waals surface area (Å²) in [5.74, 6) is 3.18. The summed E-state index contributed by atoms with van der Waals surface area (Å²) in [4.78, 5) is 0. The SMILES string of the molecule is CCC[C@@H]1CCC2CNCCC2C1. The fourth-order valence-electron chi connectivity index (χ4n) is 3.29. The van der Waals surface area contributed by atoms with Crippen LogP contribution < -0.4 is 5.32 Å². The summed E-state index contributed by atoms with van der Waals surface area (Å²) in [5, 5.41) is 3.53. The number of nitrogens with one attached hydrogen (secondary N) is 1. The highest BCUT2D eigenvalue weighted by molar-refractivity contribution is 4.84. The Morgan fingerprint density at radius 2 is 2.08 bits per heavy atom. The molecule has 1 heteroatoms. The van der Waals surface area contributed by atoms with Gasteiger partial charge in [-0.2, -0.15) is 0 Å². The van der Waals surface area contributed by atoms with Gasteiger partial charge in [0.2, 0.25) is 0 Å². The highest BCUT2D eigenvalue weighted by Gasteiger charge is 2.31. The van der Waals surface area contributed by atoms with Crippen molar-refractivity contribution in [1.29, 1.82) is 0 Å². The Morgan fingerprint density at radius 1 is 1.15 bits per heavy atom. The second-order valence-corrected chi connectivity index (χ2v) is 4.98. The third kappa shape index (κ3) is 2.25. The lowest BCUT2D eigenvalue weighted by Crippen LogP contribution is -2.39. The van der Waals surface area contributed by atoms with E-state index < -0.39 is 0 Å². The number of hydrogen-bond acceptors (Lipinski definition) is 1. The highest BCUT2D eigenvalue weighted by Crippen LogP contribution is 2.38. The molecule has 3 atom stereocenters. The first-order valence-corrected chi connectivity index (χ1v) is 6.11. The van der Waals surface area contributed by atoms with E-state index >= 15 is 0 Å². The molecule has 1 saturated heterocycles. The minimum Gasteiger partial charge on any atom is -0.316 e. The average molecular weight is 181 g/mol. The normalized spacial score (nSPS) is 39.9. The largest absolute Gasteiger partial charge is 0.316 e. The smallest absolute Gasteiger partial charge is 0.00179 e. The van der Waals surface area contributed by atoms with Gasteiger partial charge in [-0.3, -0.25) is 0 Å². The van der Waals surface area contributed by atoms with Crippen LogP contribution in [0.3, 0.4) is 0 Å². The molecule has 1 saturated carbocycles. The predicted octanol–water partition coefficient (Wildman–Crippen LogP) is 2.81. The maximum absolute atomic E-state index is 3.53. The third-order valence-electron chi connectivity index (χ3n) is 4.04. The summed E-state index contributed by atoms with van der Waals surface area (Å²) in [7, 11) is 0. The first-order chi connectivity index (χ1) is 6.40. The molecule has 2 unspecified atom stereocenters. The van der Waals surface area contributed by atoms with Crippen LogP contribution in [0.15, 0.2) is 0 Å². The number of fused-ring (bicyclic) bond motifs is 1. The van der Waals surface area contributed by atoms with Gasteiger partial charge in [0.05, 0.1) is 0 Å². The zero-order chi connectivity index (χ0) is 9.10. The average Bonchev–Trinajstić information content (AvgIpc) is 2.18. The maximum atomic E-state index is 3.53. The number of hydrogen-bond donors (Lipinski definition) is 1. The van der Waals surface area contributed by atoms with Gasteiger partial charge in [0, 0.05) is 0 Å². The van der Waals surface area contributed by atoms with Crippen LogP contribution in [0.25, 0.3) is 0 Å². The second-order valence-electron chi connectivity index (χ2n) is 4.98. The Balaban J connectivity index is 1.84. The molecule has 76 valence electrons. The Bertz CT molecular complexity index is 155. The molecule has 0 aromatic rings. The van der Waals surface area contributed by atoms with E-state index in [1.54, 1.807) is 6.42 Å². The molecular weight excluding hydrogens is 158 g/mol. The summed E-state index contributed by atoms with van der Waals surface area (Å²) < 4.78 is 0. The van der Waals surface area contributed by atoms with Gasteiger partial charge in [-0.25, -0.2) is 0 Å². The molecule has 0 bridgehead atoms. The van der Waals surface area contributed by atoms with Gasteiger partial charge < -0.3 is 5.32 Å². The van der Waals surface area contributed by atoms with Crippen molar-refractivity contribution in [2.75, 3.05) is 13.1 Å². The minimum atomic E-state index is 1.03. The van der Waals surface area contributed by atoms with Gasteiger partial charge in [-0.1, -0.05) is 26.2 Å². The zero-order valence-corrected chi connectivity index (χ0v) is 8.89. The van der Waals surface area contributed by atoms with Gasteiger partial charge in [0.1, 0.15) is 0 Å². The maximum Gasteiger partial charge on any atom is -0.00179 e. The van der Waals surface area contributed by atoms with Gasteiger partial charge in [-0.05, 0) is 50.1 Å². The van der Waals surface area contributed by atoms with E-state index in [2.05, 4.69) is 12.2 Å². The Hall–Kier alpha value is -0.0400. The molecule has 1 nitrogen and oxygen atoms in total. The van der Waals surface area contributed by atoms with Crippen molar-refractivity contribution in [1.82, 2.24) is 5.32 Å². The van der Waals surface area contributed by atoms with Crippen LogP contribution in [0, 0.1) is 17.8 Å². The summed E-state index contributed by atoms with van der Waals surface area (Å²) in [6.07, 6.45) is 8.88. The van der Waals surface area contributed by atoms with E-state index in [9.17, 15) is 0 Å². The fraction of sp³-hybridized carbons (Fsp3) is 1.00. The molecule has 1 N–H and O–H groups in total. The standard InChI is InChI=1S/C12H23N/c1-2-3-10-4-5-12-9-13-7-6-11(12)8-10/h10-13H,2-9H2,1H3/t10-,11?,12?/m1/s1. The molecule has 2 rings (SSSR count). The van der Waals surface area contributed by atoms with Crippen LogP contribution >= 0.6 is 0 Å². The molecule has 2 fully saturated rings. The van der Waals surface area contributed by atoms with E-state index in [-0.39, 0.29) is 0 Å². The van der Waals surface area contributed by atoms with Crippen molar-refractivity contribution in [2.24, 2.45) is 17.8 Å². The van der Waals surface area contributed by atoms with E-state index in [0.717, 1.165) is 17.8 Å². The van der Waals surface area contributed by atoms with E-state index in [1.165, 1.54) is 45.2 Å². The topological polar surface area (TPSA) is 12.0 Å². The van der Waals surface area contributed by atoms with Crippen LogP contribution in [0.5, 0.6) is 0 Å². The number of rotatable bonds is 2. The predicted molar refractivity (Wildman–Crippen MR) is 56.7 cm³/mol. The third-order valence-corrected chi connectivity index (χ3v) is 4.04. The van der Waals surface area contributed by atoms with Crippen LogP contribution in [0.4, 0.5) is 0 Å². The molecule has 1 aliphatic carbocycles. The lowest BCUT2D eigenvalue weighted by atomic mass is 9.70. The van der Waals surface area contributed by atoms with Crippen LogP contribution in [-0.2, 0) is 0 Å². The molecule has 0 aromatic carbocycles. The Kier molecular flexibility index (Phi) is 3.26. The van der Waals surface area contributed by atoms with Crippen LogP contribution in [-0.4, -0.2) is 13.1 Å². The highest BCUT2D eigenvalue weighted by atomic mass is 14.9. The van der Waals surface area contributed by atoms with Crippen molar-refractivity contribution in [3.05, 3.63) is 0 Å².